The van der Waals surface area contributed by atoms with E-state index in [4.69, 9.17) is 11.6 Å². The Hall–Kier alpha value is -1.68. The molecule has 2 aromatic rings. The van der Waals surface area contributed by atoms with Crippen molar-refractivity contribution in [2.75, 3.05) is 0 Å². The van der Waals surface area contributed by atoms with Crippen LogP contribution in [-0.2, 0) is 13.5 Å². The summed E-state index contributed by atoms with van der Waals surface area (Å²) in [6.45, 7) is 3.71. The van der Waals surface area contributed by atoms with Gasteiger partial charge in [0, 0.05) is 24.7 Å². The van der Waals surface area contributed by atoms with Crippen LogP contribution in [0.15, 0.2) is 18.2 Å². The number of hydrogen-bond donors (Lipinski definition) is 0. The van der Waals surface area contributed by atoms with Gasteiger partial charge in [0.15, 0.2) is 5.78 Å². The van der Waals surface area contributed by atoms with Gasteiger partial charge in [0.2, 0.25) is 0 Å². The maximum atomic E-state index is 12.1. The van der Waals surface area contributed by atoms with Crippen molar-refractivity contribution in [3.8, 4) is 0 Å². The van der Waals surface area contributed by atoms with E-state index in [9.17, 15) is 4.79 Å². The average Bonchev–Trinajstić information content (AvgIpc) is 2.56. The minimum atomic E-state index is -0.0447. The second-order valence-electron chi connectivity index (χ2n) is 4.24. The van der Waals surface area contributed by atoms with Crippen molar-refractivity contribution in [2.45, 2.75) is 20.3 Å². The van der Waals surface area contributed by atoms with Crippen molar-refractivity contribution < 1.29 is 4.79 Å². The van der Waals surface area contributed by atoms with Crippen LogP contribution in [0, 0.1) is 13.8 Å². The summed E-state index contributed by atoms with van der Waals surface area (Å²) in [5.41, 5.74) is 2.85. The van der Waals surface area contributed by atoms with Crippen molar-refractivity contribution in [1.29, 1.82) is 0 Å². The first-order valence-corrected chi connectivity index (χ1v) is 6.01. The molecule has 0 aliphatic rings. The topological polar surface area (TPSA) is 47.8 Å². The molecule has 0 fully saturated rings. The lowest BCUT2D eigenvalue weighted by molar-refractivity contribution is 0.0988. The maximum Gasteiger partial charge on any atom is 0.185 e. The normalized spacial score (nSPS) is 10.7. The molecule has 0 N–H and O–H groups in total. The van der Waals surface area contributed by atoms with Gasteiger partial charge < -0.3 is 0 Å². The van der Waals surface area contributed by atoms with Crippen LogP contribution in [0.25, 0.3) is 0 Å². The third-order valence-corrected chi connectivity index (χ3v) is 3.25. The second kappa shape index (κ2) is 4.90. The number of carbonyl (C=O) groups excluding carboxylic acids is 1. The first-order valence-electron chi connectivity index (χ1n) is 5.64. The van der Waals surface area contributed by atoms with Crippen molar-refractivity contribution in [3.05, 3.63) is 46.0 Å². The minimum absolute atomic E-state index is 0.0447. The van der Waals surface area contributed by atoms with Gasteiger partial charge >= 0.3 is 0 Å². The number of carbonyl (C=O) groups is 1. The third kappa shape index (κ3) is 2.43. The molecule has 0 bridgehead atoms. The Labute approximate surface area is 111 Å². The summed E-state index contributed by atoms with van der Waals surface area (Å²) in [6.07, 6.45) is 0.231. The van der Waals surface area contributed by atoms with Crippen molar-refractivity contribution in [2.24, 2.45) is 7.05 Å². The first-order chi connectivity index (χ1) is 8.49. The zero-order valence-corrected chi connectivity index (χ0v) is 11.3. The van der Waals surface area contributed by atoms with E-state index >= 15 is 0 Å². The zero-order valence-electron chi connectivity index (χ0n) is 10.6. The van der Waals surface area contributed by atoms with Gasteiger partial charge in [0.25, 0.3) is 0 Å². The Morgan fingerprint density at radius 3 is 2.67 bits per heavy atom. The predicted molar refractivity (Wildman–Crippen MR) is 70.0 cm³/mol. The molecule has 2 aromatic heterocycles. The molecule has 5 heteroatoms. The summed E-state index contributed by atoms with van der Waals surface area (Å²) in [6, 6.07) is 5.40. The van der Waals surface area contributed by atoms with E-state index in [1.165, 1.54) is 0 Å². The zero-order chi connectivity index (χ0) is 13.3. The van der Waals surface area contributed by atoms with Gasteiger partial charge in [-0.05, 0) is 26.0 Å². The molecular weight excluding hydrogens is 250 g/mol. The van der Waals surface area contributed by atoms with Crippen LogP contribution in [0.3, 0.4) is 0 Å². The largest absolute Gasteiger partial charge is 0.292 e. The molecule has 18 heavy (non-hydrogen) atoms. The molecule has 0 spiro atoms. The number of Topliss-reactive ketones (excluding diaryl/α,β-unsaturated/α-hetero) is 1. The van der Waals surface area contributed by atoms with E-state index in [0.717, 1.165) is 17.0 Å². The summed E-state index contributed by atoms with van der Waals surface area (Å²) in [7, 11) is 1.76. The van der Waals surface area contributed by atoms with Crippen LogP contribution >= 0.6 is 11.6 Å². The Balaban J connectivity index is 2.27. The number of nitrogens with zero attached hydrogens (tertiary/aromatic N) is 3. The second-order valence-corrected chi connectivity index (χ2v) is 4.60. The van der Waals surface area contributed by atoms with Crippen LogP contribution < -0.4 is 0 Å². The van der Waals surface area contributed by atoms with Crippen LogP contribution in [0.1, 0.15) is 27.4 Å². The van der Waals surface area contributed by atoms with E-state index in [1.54, 1.807) is 17.8 Å². The number of halogens is 1. The molecular formula is C13H14ClN3O. The Kier molecular flexibility index (Phi) is 3.48. The molecule has 0 aliphatic carbocycles. The van der Waals surface area contributed by atoms with E-state index in [1.807, 2.05) is 26.0 Å². The minimum Gasteiger partial charge on any atom is -0.292 e. The molecule has 94 valence electrons. The lowest BCUT2D eigenvalue weighted by Crippen LogP contribution is -2.07. The monoisotopic (exact) mass is 263 g/mol. The quantitative estimate of drug-likeness (QED) is 0.800. The summed E-state index contributed by atoms with van der Waals surface area (Å²) >= 11 is 6.10. The van der Waals surface area contributed by atoms with Gasteiger partial charge in [-0.25, -0.2) is 0 Å². The Morgan fingerprint density at radius 2 is 2.11 bits per heavy atom. The molecule has 0 saturated carbocycles. The molecule has 0 aliphatic heterocycles. The van der Waals surface area contributed by atoms with Gasteiger partial charge in [-0.2, -0.15) is 5.10 Å². The van der Waals surface area contributed by atoms with E-state index in [-0.39, 0.29) is 12.2 Å². The summed E-state index contributed by atoms with van der Waals surface area (Å²) in [4.78, 5) is 16.3. The smallest absolute Gasteiger partial charge is 0.185 e. The van der Waals surface area contributed by atoms with Crippen molar-refractivity contribution >= 4 is 17.4 Å². The number of pyridine rings is 1. The van der Waals surface area contributed by atoms with Crippen LogP contribution in [-0.4, -0.2) is 20.5 Å². The van der Waals surface area contributed by atoms with Crippen LogP contribution in [0.5, 0.6) is 0 Å². The maximum absolute atomic E-state index is 12.1. The molecule has 2 heterocycles. The first kappa shape index (κ1) is 12.8. The predicted octanol–water partition coefficient (Wildman–Crippen LogP) is 2.51. The molecule has 0 amide bonds. The van der Waals surface area contributed by atoms with Gasteiger partial charge in [-0.15, -0.1) is 0 Å². The fraction of sp³-hybridized carbons (Fsp3) is 0.308. The lowest BCUT2D eigenvalue weighted by Gasteiger charge is -2.01. The fourth-order valence-electron chi connectivity index (χ4n) is 1.82. The number of ketones is 1. The molecule has 2 rings (SSSR count). The third-order valence-electron chi connectivity index (χ3n) is 2.78. The summed E-state index contributed by atoms with van der Waals surface area (Å²) in [5.74, 6) is -0.0447. The van der Waals surface area contributed by atoms with E-state index in [0.29, 0.717) is 10.8 Å². The Morgan fingerprint density at radius 1 is 1.39 bits per heavy atom. The number of aryl methyl sites for hydroxylation is 3. The lowest BCUT2D eigenvalue weighted by atomic mass is 10.1. The fourth-order valence-corrected chi connectivity index (χ4v) is 2.07. The van der Waals surface area contributed by atoms with Gasteiger partial charge in [0.1, 0.15) is 10.8 Å². The summed E-state index contributed by atoms with van der Waals surface area (Å²) in [5, 5.41) is 4.69. The molecule has 0 saturated heterocycles. The molecule has 0 atom stereocenters. The molecule has 0 radical (unpaired) electrons. The van der Waals surface area contributed by atoms with Crippen LogP contribution in [0.4, 0.5) is 0 Å². The summed E-state index contributed by atoms with van der Waals surface area (Å²) < 4.78 is 1.57. The number of aromatic nitrogens is 3. The van der Waals surface area contributed by atoms with Gasteiger partial charge in [0.05, 0.1) is 5.69 Å². The highest BCUT2D eigenvalue weighted by molar-refractivity contribution is 6.30. The highest BCUT2D eigenvalue weighted by Crippen LogP contribution is 2.20. The van der Waals surface area contributed by atoms with Gasteiger partial charge in [-0.1, -0.05) is 17.7 Å². The average molecular weight is 264 g/mol. The van der Waals surface area contributed by atoms with Crippen LogP contribution in [0.2, 0.25) is 5.15 Å². The number of hydrogen-bond acceptors (Lipinski definition) is 3. The number of rotatable bonds is 3. The van der Waals surface area contributed by atoms with Gasteiger partial charge in [-0.3, -0.25) is 14.5 Å². The Bertz CT molecular complexity index is 604. The van der Waals surface area contributed by atoms with Crippen molar-refractivity contribution in [1.82, 2.24) is 14.8 Å². The highest BCUT2D eigenvalue weighted by Gasteiger charge is 2.16. The van der Waals surface area contributed by atoms with Crippen molar-refractivity contribution in [3.63, 3.8) is 0 Å². The molecule has 0 aromatic carbocycles. The van der Waals surface area contributed by atoms with E-state index < -0.39 is 0 Å². The SMILES string of the molecule is Cc1cccc(C(=O)Cc2c(C)nn(C)c2Cl)n1. The molecule has 0 unspecified atom stereocenters. The highest BCUT2D eigenvalue weighted by atomic mass is 35.5. The standard InChI is InChI=1S/C13H14ClN3O/c1-8-5-4-6-11(15-8)12(18)7-10-9(2)16-17(3)13(10)14/h4-6H,7H2,1-3H3. The van der Waals surface area contributed by atoms with E-state index in [2.05, 4.69) is 10.1 Å². The molecule has 4 nitrogen and oxygen atoms in total.